The summed E-state index contributed by atoms with van der Waals surface area (Å²) in [6, 6.07) is 14.9. The third-order valence-corrected chi connectivity index (χ3v) is 7.59. The molecule has 3 heterocycles. The number of para-hydroxylation sites is 2. The number of hydrogen-bond acceptors (Lipinski definition) is 5. The zero-order valence-electron chi connectivity index (χ0n) is 22.1. The van der Waals surface area contributed by atoms with Crippen molar-refractivity contribution >= 4 is 23.3 Å². The highest BCUT2D eigenvalue weighted by Crippen LogP contribution is 2.51. The molecule has 0 aliphatic carbocycles. The number of anilines is 2. The zero-order chi connectivity index (χ0) is 25.6. The van der Waals surface area contributed by atoms with E-state index < -0.39 is 5.60 Å². The van der Waals surface area contributed by atoms with Crippen molar-refractivity contribution in [3.63, 3.8) is 0 Å². The fourth-order valence-electron chi connectivity index (χ4n) is 6.02. The summed E-state index contributed by atoms with van der Waals surface area (Å²) in [6.45, 7) is 11.5. The Balaban J connectivity index is 1.46. The normalized spacial score (nSPS) is 22.4. The number of fused-ring (bicyclic) bond motifs is 4. The first kappa shape index (κ1) is 24.5. The highest BCUT2D eigenvalue weighted by molar-refractivity contribution is 5.98. The number of ether oxygens (including phenoxy) is 2. The van der Waals surface area contributed by atoms with E-state index in [9.17, 15) is 4.79 Å². The molecule has 2 bridgehead atoms. The van der Waals surface area contributed by atoms with Gasteiger partial charge in [-0.25, -0.2) is 4.79 Å². The maximum atomic E-state index is 13.0. The van der Waals surface area contributed by atoms with Crippen LogP contribution in [0.1, 0.15) is 65.9 Å². The van der Waals surface area contributed by atoms with Gasteiger partial charge in [-0.1, -0.05) is 12.1 Å². The molecule has 0 spiro atoms. The summed E-state index contributed by atoms with van der Waals surface area (Å²) in [4.78, 5) is 19.5. The van der Waals surface area contributed by atoms with Crippen LogP contribution >= 0.6 is 0 Å². The Morgan fingerprint density at radius 2 is 1.64 bits per heavy atom. The van der Waals surface area contributed by atoms with Crippen LogP contribution in [0.4, 0.5) is 16.2 Å². The monoisotopic (exact) mass is 490 g/mol. The summed E-state index contributed by atoms with van der Waals surface area (Å²) in [5.41, 5.74) is 2.45. The fraction of sp³-hybridized carbons (Fsp3) is 0.517. The molecule has 3 atom stereocenters. The smallest absolute Gasteiger partial charge is 0.410 e. The predicted octanol–water partition coefficient (Wildman–Crippen LogP) is 6.53. The second-order valence-electron chi connectivity index (χ2n) is 11.0. The number of carbonyl (C=O) groups excluding carboxylic acids is 1. The Bertz CT molecular complexity index is 1140. The molecule has 36 heavy (non-hydrogen) atoms. The van der Waals surface area contributed by atoms with E-state index in [1.807, 2.05) is 54.8 Å². The van der Waals surface area contributed by atoms with E-state index in [2.05, 4.69) is 36.9 Å². The van der Waals surface area contributed by atoms with Gasteiger partial charge in [0.15, 0.2) is 11.5 Å². The van der Waals surface area contributed by atoms with Crippen LogP contribution in [0.5, 0.6) is 11.5 Å². The summed E-state index contributed by atoms with van der Waals surface area (Å²) in [5.74, 6) is 2.13. The van der Waals surface area contributed by atoms with Crippen molar-refractivity contribution in [2.45, 2.75) is 84.0 Å². The SMILES string of the molecule is CCN(CC)C(=N)c1ccc2c(c1)Oc1ccccc1N2[C@H]1C[C@H]2CC[C@@H](C1)N2C(=O)OC(C)(C)C. The van der Waals surface area contributed by atoms with Gasteiger partial charge < -0.3 is 24.2 Å². The molecule has 0 saturated carbocycles. The van der Waals surface area contributed by atoms with Gasteiger partial charge in [-0.05, 0) is 90.6 Å². The van der Waals surface area contributed by atoms with Crippen molar-refractivity contribution in [3.8, 4) is 11.5 Å². The summed E-state index contributed by atoms with van der Waals surface area (Å²) >= 11 is 0. The van der Waals surface area contributed by atoms with Gasteiger partial charge in [0.25, 0.3) is 0 Å². The maximum Gasteiger partial charge on any atom is 0.410 e. The molecule has 3 aliphatic heterocycles. The van der Waals surface area contributed by atoms with Crippen molar-refractivity contribution in [1.82, 2.24) is 9.80 Å². The van der Waals surface area contributed by atoms with E-state index in [0.717, 1.165) is 67.2 Å². The average molecular weight is 491 g/mol. The molecule has 7 heteroatoms. The summed E-state index contributed by atoms with van der Waals surface area (Å²) < 4.78 is 12.1. The van der Waals surface area contributed by atoms with E-state index in [1.165, 1.54) is 0 Å². The second-order valence-corrected chi connectivity index (χ2v) is 11.0. The van der Waals surface area contributed by atoms with Gasteiger partial charge in [-0.3, -0.25) is 5.41 Å². The van der Waals surface area contributed by atoms with Crippen molar-refractivity contribution in [2.75, 3.05) is 18.0 Å². The van der Waals surface area contributed by atoms with Crippen LogP contribution in [0.3, 0.4) is 0 Å². The van der Waals surface area contributed by atoms with Gasteiger partial charge >= 0.3 is 6.09 Å². The van der Waals surface area contributed by atoms with Crippen molar-refractivity contribution < 1.29 is 14.3 Å². The molecule has 2 saturated heterocycles. The van der Waals surface area contributed by atoms with E-state index >= 15 is 0 Å². The first-order chi connectivity index (χ1) is 17.2. The molecule has 1 N–H and O–H groups in total. The highest BCUT2D eigenvalue weighted by atomic mass is 16.6. The van der Waals surface area contributed by atoms with Crippen molar-refractivity contribution in [1.29, 1.82) is 5.41 Å². The Morgan fingerprint density at radius 3 is 2.28 bits per heavy atom. The average Bonchev–Trinajstić information content (AvgIpc) is 3.11. The lowest BCUT2D eigenvalue weighted by molar-refractivity contribution is 0.00613. The van der Waals surface area contributed by atoms with Crippen LogP contribution < -0.4 is 9.64 Å². The Hall–Kier alpha value is -3.22. The third-order valence-electron chi connectivity index (χ3n) is 7.59. The molecular formula is C29H38N4O3. The van der Waals surface area contributed by atoms with Gasteiger partial charge in [0.05, 0.1) is 11.4 Å². The lowest BCUT2D eigenvalue weighted by Crippen LogP contribution is -2.53. The maximum absolute atomic E-state index is 13.0. The van der Waals surface area contributed by atoms with Gasteiger partial charge in [-0.15, -0.1) is 0 Å². The number of piperidine rings is 1. The molecule has 2 fully saturated rings. The molecule has 3 aliphatic rings. The molecule has 2 aromatic carbocycles. The number of benzene rings is 2. The van der Waals surface area contributed by atoms with Crippen molar-refractivity contribution in [2.24, 2.45) is 0 Å². The fourth-order valence-corrected chi connectivity index (χ4v) is 6.02. The molecular weight excluding hydrogens is 452 g/mol. The number of nitrogens with zero attached hydrogens (tertiary/aromatic N) is 3. The van der Waals surface area contributed by atoms with Crippen LogP contribution in [-0.2, 0) is 4.74 Å². The number of hydrogen-bond donors (Lipinski definition) is 1. The second kappa shape index (κ2) is 9.34. The van der Waals surface area contributed by atoms with E-state index in [-0.39, 0.29) is 24.2 Å². The molecule has 2 aromatic rings. The van der Waals surface area contributed by atoms with Crippen molar-refractivity contribution in [3.05, 3.63) is 48.0 Å². The zero-order valence-corrected chi connectivity index (χ0v) is 22.1. The number of carbonyl (C=O) groups is 1. The minimum atomic E-state index is -0.494. The molecule has 7 nitrogen and oxygen atoms in total. The number of amides is 1. The van der Waals surface area contributed by atoms with Gasteiger partial charge in [0.2, 0.25) is 0 Å². The summed E-state index contributed by atoms with van der Waals surface area (Å²) in [5, 5.41) is 8.69. The Morgan fingerprint density at radius 1 is 1.00 bits per heavy atom. The summed E-state index contributed by atoms with van der Waals surface area (Å²) in [6.07, 6.45) is 3.62. The largest absolute Gasteiger partial charge is 0.453 e. The number of rotatable bonds is 4. The van der Waals surface area contributed by atoms with Crippen LogP contribution in [0.15, 0.2) is 42.5 Å². The minimum absolute atomic E-state index is 0.178. The molecule has 0 radical (unpaired) electrons. The molecule has 0 unspecified atom stereocenters. The first-order valence-electron chi connectivity index (χ1n) is 13.3. The van der Waals surface area contributed by atoms with Crippen LogP contribution in [0.25, 0.3) is 0 Å². The first-order valence-corrected chi connectivity index (χ1v) is 13.3. The van der Waals surface area contributed by atoms with Gasteiger partial charge in [0, 0.05) is 36.8 Å². The number of nitrogens with one attached hydrogen (secondary N) is 1. The molecule has 5 rings (SSSR count). The van der Waals surface area contributed by atoms with Crippen LogP contribution in [0, 0.1) is 5.41 Å². The topological polar surface area (TPSA) is 69.1 Å². The Labute approximate surface area is 214 Å². The number of amidine groups is 1. The quantitative estimate of drug-likeness (QED) is 0.390. The van der Waals surface area contributed by atoms with E-state index in [1.54, 1.807) is 0 Å². The van der Waals surface area contributed by atoms with Gasteiger partial charge in [-0.2, -0.15) is 0 Å². The minimum Gasteiger partial charge on any atom is -0.453 e. The lowest BCUT2D eigenvalue weighted by atomic mass is 9.94. The highest BCUT2D eigenvalue weighted by Gasteiger charge is 2.47. The van der Waals surface area contributed by atoms with E-state index in [4.69, 9.17) is 14.9 Å². The van der Waals surface area contributed by atoms with E-state index in [0.29, 0.717) is 5.84 Å². The summed E-state index contributed by atoms with van der Waals surface area (Å²) in [7, 11) is 0. The molecule has 0 aromatic heterocycles. The van der Waals surface area contributed by atoms with Gasteiger partial charge in [0.1, 0.15) is 11.4 Å². The van der Waals surface area contributed by atoms with Crippen LogP contribution in [-0.4, -0.2) is 58.5 Å². The Kier molecular flexibility index (Phi) is 6.35. The standard InChI is InChI=1S/C29H38N4O3/c1-6-31(7-2)27(30)19-12-15-24-26(16-19)35-25-11-9-8-10-23(25)33(24)22-17-20-13-14-21(18-22)32(20)28(34)36-29(3,4)5/h8-12,15-16,20-22,30H,6-7,13-14,17-18H2,1-5H3/t20-,21+,22+. The lowest BCUT2D eigenvalue weighted by Gasteiger charge is -2.45. The molecule has 192 valence electrons. The predicted molar refractivity (Wildman–Crippen MR) is 143 cm³/mol. The molecule has 1 amide bonds. The third kappa shape index (κ3) is 4.40. The van der Waals surface area contributed by atoms with Crippen LogP contribution in [0.2, 0.25) is 0 Å².